The molecule has 0 aliphatic rings. The first-order valence-electron chi connectivity index (χ1n) is 10.2. The monoisotopic (exact) mass is 395 g/mol. The number of hydrogen-bond donors (Lipinski definition) is 3. The average molecular weight is 396 g/mol. The van der Waals surface area contributed by atoms with Crippen LogP contribution in [-0.4, -0.2) is 6.04 Å². The van der Waals surface area contributed by atoms with Crippen molar-refractivity contribution in [3.05, 3.63) is 115 Å². The van der Waals surface area contributed by atoms with E-state index in [1.54, 1.807) is 0 Å². The van der Waals surface area contributed by atoms with Gasteiger partial charge in [0.05, 0.1) is 0 Å². The molecule has 4 aromatic carbocycles. The minimum absolute atomic E-state index is 0.461. The van der Waals surface area contributed by atoms with Crippen molar-refractivity contribution in [2.24, 2.45) is 0 Å². The molecular formula is C27H29N3. The Kier molecular flexibility index (Phi) is 7.93. The van der Waals surface area contributed by atoms with E-state index in [1.165, 1.54) is 0 Å². The highest BCUT2D eigenvalue weighted by Crippen LogP contribution is 2.19. The van der Waals surface area contributed by atoms with E-state index in [2.05, 4.69) is 66.2 Å². The zero-order valence-corrected chi connectivity index (χ0v) is 17.5. The molecule has 0 fully saturated rings. The Hall–Kier alpha value is -3.72. The van der Waals surface area contributed by atoms with Crippen LogP contribution in [0.2, 0.25) is 0 Å². The van der Waals surface area contributed by atoms with Crippen molar-refractivity contribution in [2.45, 2.75) is 19.9 Å². The van der Waals surface area contributed by atoms with Gasteiger partial charge in [0.15, 0.2) is 0 Å². The van der Waals surface area contributed by atoms with E-state index in [1.807, 2.05) is 78.9 Å². The predicted octanol–water partition coefficient (Wildman–Crippen LogP) is 7.68. The lowest BCUT2D eigenvalue weighted by atomic mass is 10.2. The van der Waals surface area contributed by atoms with Crippen LogP contribution in [0.4, 0.5) is 28.4 Å². The summed E-state index contributed by atoms with van der Waals surface area (Å²) >= 11 is 0. The van der Waals surface area contributed by atoms with Gasteiger partial charge in [-0.1, -0.05) is 54.6 Å². The first kappa shape index (κ1) is 21.0. The quantitative estimate of drug-likeness (QED) is 0.313. The van der Waals surface area contributed by atoms with E-state index in [9.17, 15) is 0 Å². The molecule has 0 heterocycles. The summed E-state index contributed by atoms with van der Waals surface area (Å²) in [6.07, 6.45) is 0. The van der Waals surface area contributed by atoms with Crippen molar-refractivity contribution in [1.82, 2.24) is 0 Å². The maximum absolute atomic E-state index is 3.37. The molecule has 0 spiro atoms. The van der Waals surface area contributed by atoms with Crippen LogP contribution in [0.5, 0.6) is 0 Å². The Bertz CT molecular complexity index is 929. The van der Waals surface area contributed by atoms with Crippen LogP contribution in [0.1, 0.15) is 13.8 Å². The van der Waals surface area contributed by atoms with Gasteiger partial charge in [-0.25, -0.2) is 0 Å². The Morgan fingerprint density at radius 1 is 0.400 bits per heavy atom. The maximum Gasteiger partial charge on any atom is 0.0385 e. The van der Waals surface area contributed by atoms with Gasteiger partial charge < -0.3 is 16.0 Å². The van der Waals surface area contributed by atoms with Crippen LogP contribution in [0.3, 0.4) is 0 Å². The lowest BCUT2D eigenvalue weighted by Crippen LogP contribution is -2.09. The van der Waals surface area contributed by atoms with Crippen LogP contribution in [0, 0.1) is 0 Å². The van der Waals surface area contributed by atoms with Crippen LogP contribution >= 0.6 is 0 Å². The highest BCUT2D eigenvalue weighted by atomic mass is 14.9. The van der Waals surface area contributed by atoms with Gasteiger partial charge in [-0.2, -0.15) is 0 Å². The van der Waals surface area contributed by atoms with E-state index in [0.29, 0.717) is 6.04 Å². The Labute approximate surface area is 179 Å². The lowest BCUT2D eigenvalue weighted by Gasteiger charge is -2.11. The third kappa shape index (κ3) is 7.36. The molecule has 4 aromatic rings. The van der Waals surface area contributed by atoms with Crippen molar-refractivity contribution >= 4 is 28.4 Å². The molecule has 0 saturated heterocycles. The first-order valence-corrected chi connectivity index (χ1v) is 10.2. The molecule has 152 valence electrons. The summed E-state index contributed by atoms with van der Waals surface area (Å²) in [6.45, 7) is 4.27. The highest BCUT2D eigenvalue weighted by molar-refractivity contribution is 5.62. The fraction of sp³-hybridized carbons (Fsp3) is 0.111. The van der Waals surface area contributed by atoms with Crippen molar-refractivity contribution < 1.29 is 0 Å². The number of hydrogen-bond acceptors (Lipinski definition) is 3. The summed E-state index contributed by atoms with van der Waals surface area (Å²) in [5.41, 5.74) is 5.60. The minimum atomic E-state index is 0.461. The summed E-state index contributed by atoms with van der Waals surface area (Å²) in [6, 6.07) is 39.3. The minimum Gasteiger partial charge on any atom is -0.383 e. The van der Waals surface area contributed by atoms with E-state index >= 15 is 0 Å². The molecule has 0 bridgehead atoms. The van der Waals surface area contributed by atoms with Gasteiger partial charge in [-0.3, -0.25) is 0 Å². The topological polar surface area (TPSA) is 36.1 Å². The van der Waals surface area contributed by atoms with Crippen molar-refractivity contribution in [3.8, 4) is 0 Å². The van der Waals surface area contributed by atoms with Gasteiger partial charge >= 0.3 is 0 Å². The second-order valence-electron chi connectivity index (χ2n) is 7.22. The Balaban J connectivity index is 0.000000177. The summed E-state index contributed by atoms with van der Waals surface area (Å²) in [5, 5.41) is 10.0. The molecule has 3 nitrogen and oxygen atoms in total. The molecule has 3 N–H and O–H groups in total. The molecule has 0 radical (unpaired) electrons. The summed E-state index contributed by atoms with van der Waals surface area (Å²) in [7, 11) is 0. The highest BCUT2D eigenvalue weighted by Gasteiger charge is 1.96. The van der Waals surface area contributed by atoms with Crippen LogP contribution < -0.4 is 16.0 Å². The zero-order valence-electron chi connectivity index (χ0n) is 17.5. The molecule has 0 aliphatic heterocycles. The molecule has 0 aromatic heterocycles. The van der Waals surface area contributed by atoms with E-state index in [0.717, 1.165) is 28.4 Å². The second kappa shape index (κ2) is 11.3. The third-order valence-electron chi connectivity index (χ3n) is 4.24. The molecule has 0 saturated carbocycles. The lowest BCUT2D eigenvalue weighted by molar-refractivity contribution is 0.900. The number of nitrogens with one attached hydrogen (secondary N) is 3. The van der Waals surface area contributed by atoms with Crippen LogP contribution in [0.25, 0.3) is 0 Å². The van der Waals surface area contributed by atoms with E-state index in [4.69, 9.17) is 0 Å². The van der Waals surface area contributed by atoms with Crippen molar-refractivity contribution in [3.63, 3.8) is 0 Å². The normalized spacial score (nSPS) is 9.97. The van der Waals surface area contributed by atoms with Gasteiger partial charge in [-0.15, -0.1) is 0 Å². The van der Waals surface area contributed by atoms with E-state index < -0.39 is 0 Å². The van der Waals surface area contributed by atoms with Crippen LogP contribution in [0.15, 0.2) is 115 Å². The second-order valence-corrected chi connectivity index (χ2v) is 7.22. The maximum atomic E-state index is 3.37. The third-order valence-corrected chi connectivity index (χ3v) is 4.24. The molecule has 4 rings (SSSR count). The number of benzene rings is 4. The Morgan fingerprint density at radius 2 is 0.700 bits per heavy atom. The standard InChI is InChI=1S/C15H18N2.C12H11N/c1-12(2)16-14-8-10-15(11-9-14)17-13-6-4-3-5-7-13;1-3-7-11(8-4-1)13-12-9-5-2-6-10-12/h3-12,16-17H,1-2H3;1-10,13H. The van der Waals surface area contributed by atoms with Gasteiger partial charge in [0.25, 0.3) is 0 Å². The number of para-hydroxylation sites is 3. The van der Waals surface area contributed by atoms with Crippen molar-refractivity contribution in [1.29, 1.82) is 0 Å². The largest absolute Gasteiger partial charge is 0.383 e. The molecule has 0 aliphatic carbocycles. The molecule has 0 atom stereocenters. The van der Waals surface area contributed by atoms with Crippen LogP contribution in [-0.2, 0) is 0 Å². The number of anilines is 5. The fourth-order valence-electron chi connectivity index (χ4n) is 2.88. The molecule has 30 heavy (non-hydrogen) atoms. The zero-order chi connectivity index (χ0) is 21.0. The van der Waals surface area contributed by atoms with Gasteiger partial charge in [-0.05, 0) is 74.5 Å². The predicted molar refractivity (Wildman–Crippen MR) is 131 cm³/mol. The van der Waals surface area contributed by atoms with Gasteiger partial charge in [0.2, 0.25) is 0 Å². The molecular weight excluding hydrogens is 366 g/mol. The van der Waals surface area contributed by atoms with Gasteiger partial charge in [0.1, 0.15) is 0 Å². The fourth-order valence-corrected chi connectivity index (χ4v) is 2.88. The molecule has 0 unspecified atom stereocenters. The SMILES string of the molecule is CC(C)Nc1ccc(Nc2ccccc2)cc1.c1ccc(Nc2ccccc2)cc1. The molecule has 3 heteroatoms. The first-order chi connectivity index (χ1) is 14.7. The average Bonchev–Trinajstić information content (AvgIpc) is 2.77. The summed E-state index contributed by atoms with van der Waals surface area (Å²) in [5.74, 6) is 0. The summed E-state index contributed by atoms with van der Waals surface area (Å²) in [4.78, 5) is 0. The summed E-state index contributed by atoms with van der Waals surface area (Å²) < 4.78 is 0. The smallest absolute Gasteiger partial charge is 0.0385 e. The van der Waals surface area contributed by atoms with Crippen molar-refractivity contribution in [2.75, 3.05) is 16.0 Å². The number of rotatable bonds is 6. The Morgan fingerprint density at radius 3 is 1.03 bits per heavy atom. The van der Waals surface area contributed by atoms with E-state index in [-0.39, 0.29) is 0 Å². The molecule has 0 amide bonds. The van der Waals surface area contributed by atoms with Gasteiger partial charge in [0, 0.05) is 34.5 Å².